The Morgan fingerprint density at radius 1 is 1.04 bits per heavy atom. The topological polar surface area (TPSA) is 86.0 Å². The number of carbonyl (C=O) groups is 1. The molecular formula is C38H57N3O4. The summed E-state index contributed by atoms with van der Waals surface area (Å²) in [5, 5.41) is 21.6. The molecule has 3 unspecified atom stereocenters. The van der Waals surface area contributed by atoms with Crippen molar-refractivity contribution in [3.63, 3.8) is 0 Å². The standard InChI is InChI=1S/C38H57N3O4/c1-6-27-23-32-30-12-11-29(36(30,3)16-17-38(32,25-39)37(4)15-13-28(42)24-31(27)37)26(2)14-22-45-35(43)41-20-18-40(19-21-41)33-9-7-8-10-34(33)44-5/h7-10,26-32,42H,6,11-24H2,1-5H3/t26-,27+,28-,29?,30?,31+,32+,36-,37+,38?/m1/s1. The third-order valence-corrected chi connectivity index (χ3v) is 14.3. The van der Waals surface area contributed by atoms with Crippen LogP contribution >= 0.6 is 0 Å². The molecule has 5 fully saturated rings. The second kappa shape index (κ2) is 12.6. The molecule has 4 aliphatic carbocycles. The van der Waals surface area contributed by atoms with Crippen LogP contribution < -0.4 is 9.64 Å². The molecule has 6 rings (SSSR count). The number of ether oxygens (including phenoxy) is 2. The maximum atomic E-state index is 13.0. The van der Waals surface area contributed by atoms with E-state index in [9.17, 15) is 15.2 Å². The predicted octanol–water partition coefficient (Wildman–Crippen LogP) is 7.53. The smallest absolute Gasteiger partial charge is 0.409 e. The summed E-state index contributed by atoms with van der Waals surface area (Å²) in [5.41, 5.74) is 1.04. The highest BCUT2D eigenvalue weighted by Gasteiger charge is 2.69. The number of aliphatic hydroxyl groups is 1. The molecule has 1 aromatic carbocycles. The maximum absolute atomic E-state index is 13.0. The van der Waals surface area contributed by atoms with Gasteiger partial charge in [-0.05, 0) is 116 Å². The predicted molar refractivity (Wildman–Crippen MR) is 177 cm³/mol. The van der Waals surface area contributed by atoms with Crippen molar-refractivity contribution in [1.29, 1.82) is 5.26 Å². The second-order valence-corrected chi connectivity index (χ2v) is 15.9. The minimum Gasteiger partial charge on any atom is -0.495 e. The van der Waals surface area contributed by atoms with Crippen LogP contribution in [0.15, 0.2) is 24.3 Å². The van der Waals surface area contributed by atoms with Gasteiger partial charge in [0, 0.05) is 26.2 Å². The zero-order valence-corrected chi connectivity index (χ0v) is 28.5. The Morgan fingerprint density at radius 2 is 1.80 bits per heavy atom. The van der Waals surface area contributed by atoms with Gasteiger partial charge in [0.2, 0.25) is 0 Å². The van der Waals surface area contributed by atoms with E-state index in [1.165, 1.54) is 12.8 Å². The van der Waals surface area contributed by atoms with Gasteiger partial charge >= 0.3 is 6.09 Å². The monoisotopic (exact) mass is 619 g/mol. The fourth-order valence-electron chi connectivity index (χ4n) is 11.8. The van der Waals surface area contributed by atoms with Crippen molar-refractivity contribution in [2.24, 2.45) is 51.8 Å². The molecule has 7 nitrogen and oxygen atoms in total. The van der Waals surface area contributed by atoms with E-state index in [1.807, 2.05) is 23.1 Å². The molecule has 4 saturated carbocycles. The van der Waals surface area contributed by atoms with E-state index < -0.39 is 0 Å². The van der Waals surface area contributed by atoms with Crippen molar-refractivity contribution >= 4 is 11.8 Å². The number of aliphatic hydroxyl groups excluding tert-OH is 1. The lowest BCUT2D eigenvalue weighted by atomic mass is 9.36. The molecule has 0 aromatic heterocycles. The summed E-state index contributed by atoms with van der Waals surface area (Å²) in [6, 6.07) is 11.1. The maximum Gasteiger partial charge on any atom is 0.409 e. The number of hydrogen-bond acceptors (Lipinski definition) is 6. The van der Waals surface area contributed by atoms with Gasteiger partial charge in [0.05, 0.1) is 37.0 Å². The molecule has 10 atom stereocenters. The summed E-state index contributed by atoms with van der Waals surface area (Å²) >= 11 is 0. The number of piperazine rings is 1. The van der Waals surface area contributed by atoms with Gasteiger partial charge in [-0.15, -0.1) is 0 Å². The number of benzene rings is 1. The third-order valence-electron chi connectivity index (χ3n) is 14.3. The molecule has 1 N–H and O–H groups in total. The Labute approximate surface area is 271 Å². The summed E-state index contributed by atoms with van der Waals surface area (Å²) in [7, 11) is 1.70. The number of carbonyl (C=O) groups excluding carboxylic acids is 1. The van der Waals surface area contributed by atoms with Crippen LogP contribution in [0.2, 0.25) is 0 Å². The van der Waals surface area contributed by atoms with Crippen molar-refractivity contribution in [3.05, 3.63) is 24.3 Å². The highest BCUT2D eigenvalue weighted by atomic mass is 16.6. The summed E-state index contributed by atoms with van der Waals surface area (Å²) < 4.78 is 11.4. The van der Waals surface area contributed by atoms with Gasteiger partial charge in [-0.2, -0.15) is 5.26 Å². The number of hydrogen-bond donors (Lipinski definition) is 1. The van der Waals surface area contributed by atoms with Crippen LogP contribution in [0.4, 0.5) is 10.5 Å². The average molecular weight is 620 g/mol. The minimum atomic E-state index is -0.267. The Morgan fingerprint density at radius 3 is 2.51 bits per heavy atom. The Balaban J connectivity index is 1.06. The first-order valence-electron chi connectivity index (χ1n) is 18.0. The van der Waals surface area contributed by atoms with Crippen LogP contribution in [0, 0.1) is 63.1 Å². The van der Waals surface area contributed by atoms with Crippen LogP contribution in [-0.4, -0.2) is 62.1 Å². The summed E-state index contributed by atoms with van der Waals surface area (Å²) in [4.78, 5) is 17.1. The highest BCUT2D eigenvalue weighted by Crippen LogP contribution is 2.74. The van der Waals surface area contributed by atoms with E-state index in [0.717, 1.165) is 75.9 Å². The van der Waals surface area contributed by atoms with Crippen LogP contribution in [-0.2, 0) is 4.74 Å². The molecule has 0 bridgehead atoms. The van der Waals surface area contributed by atoms with Gasteiger partial charge in [-0.1, -0.05) is 46.2 Å². The molecule has 5 aliphatic rings. The molecule has 1 amide bonds. The quantitative estimate of drug-likeness (QED) is 0.340. The number of methoxy groups -OCH3 is 1. The number of nitriles is 1. The minimum absolute atomic E-state index is 0.00244. The summed E-state index contributed by atoms with van der Waals surface area (Å²) in [5.74, 6) is 4.03. The third kappa shape index (κ3) is 5.31. The van der Waals surface area contributed by atoms with E-state index in [2.05, 4.69) is 44.7 Å². The molecule has 1 saturated heterocycles. The van der Waals surface area contributed by atoms with Gasteiger partial charge in [-0.25, -0.2) is 4.79 Å². The van der Waals surface area contributed by atoms with Crippen LogP contribution in [0.1, 0.15) is 91.9 Å². The lowest BCUT2D eigenvalue weighted by molar-refractivity contribution is -0.187. The van der Waals surface area contributed by atoms with E-state index in [1.54, 1.807) is 7.11 Å². The number of anilines is 1. The van der Waals surface area contributed by atoms with Gasteiger partial charge in [0.15, 0.2) is 0 Å². The lowest BCUT2D eigenvalue weighted by Gasteiger charge is -2.67. The van der Waals surface area contributed by atoms with Crippen LogP contribution in [0.3, 0.4) is 0 Å². The lowest BCUT2D eigenvalue weighted by Crippen LogP contribution is -2.63. The SMILES string of the molecule is CC[C@H]1C[C@H]2C3CCC([C@H](C)CCOC(=O)N4CCN(c5ccccc5OC)CC4)[C@@]3(C)CCC2(C#N)[C@@]2(C)CC[C@@H](O)C[C@@H]12. The van der Waals surface area contributed by atoms with Gasteiger partial charge in [0.25, 0.3) is 0 Å². The molecule has 1 aromatic rings. The molecule has 1 aliphatic heterocycles. The van der Waals surface area contributed by atoms with E-state index in [-0.39, 0.29) is 28.4 Å². The zero-order valence-electron chi connectivity index (χ0n) is 28.5. The van der Waals surface area contributed by atoms with E-state index in [0.29, 0.717) is 55.2 Å². The first kappa shape index (κ1) is 32.5. The number of amides is 1. The number of rotatable bonds is 7. The molecule has 45 heavy (non-hydrogen) atoms. The van der Waals surface area contributed by atoms with Crippen molar-refractivity contribution < 1.29 is 19.4 Å². The van der Waals surface area contributed by atoms with Crippen molar-refractivity contribution in [2.45, 2.75) is 98.0 Å². The number of fused-ring (bicyclic) bond motifs is 5. The van der Waals surface area contributed by atoms with Crippen LogP contribution in [0.25, 0.3) is 0 Å². The Bertz CT molecular complexity index is 1260. The summed E-state index contributed by atoms with van der Waals surface area (Å²) in [6.07, 6.45) is 10.1. The highest BCUT2D eigenvalue weighted by molar-refractivity contribution is 5.68. The first-order chi connectivity index (χ1) is 21.6. The van der Waals surface area contributed by atoms with Crippen molar-refractivity contribution in [1.82, 2.24) is 4.90 Å². The fraction of sp³-hybridized carbons (Fsp3) is 0.789. The Kier molecular flexibility index (Phi) is 9.11. The number of para-hydroxylation sites is 2. The van der Waals surface area contributed by atoms with Crippen molar-refractivity contribution in [2.75, 3.05) is 44.8 Å². The molecule has 0 spiro atoms. The van der Waals surface area contributed by atoms with Gasteiger partial charge < -0.3 is 24.4 Å². The normalized spacial score (nSPS) is 40.0. The van der Waals surface area contributed by atoms with Gasteiger partial charge in [-0.3, -0.25) is 0 Å². The second-order valence-electron chi connectivity index (χ2n) is 15.9. The van der Waals surface area contributed by atoms with E-state index >= 15 is 0 Å². The molecule has 7 heteroatoms. The molecule has 0 radical (unpaired) electrons. The zero-order chi connectivity index (χ0) is 32.0. The Hall–Kier alpha value is -2.46. The largest absolute Gasteiger partial charge is 0.495 e. The molecule has 1 heterocycles. The number of nitrogens with zero attached hydrogens (tertiary/aromatic N) is 3. The fourth-order valence-corrected chi connectivity index (χ4v) is 11.8. The summed E-state index contributed by atoms with van der Waals surface area (Å²) in [6.45, 7) is 13.0. The average Bonchev–Trinajstić information content (AvgIpc) is 3.42. The molecular weight excluding hydrogens is 562 g/mol. The van der Waals surface area contributed by atoms with Gasteiger partial charge in [0.1, 0.15) is 5.75 Å². The van der Waals surface area contributed by atoms with E-state index in [4.69, 9.17) is 9.47 Å². The first-order valence-corrected chi connectivity index (χ1v) is 18.0. The molecule has 248 valence electrons. The van der Waals surface area contributed by atoms with Crippen LogP contribution in [0.5, 0.6) is 5.75 Å². The van der Waals surface area contributed by atoms with Crippen molar-refractivity contribution in [3.8, 4) is 11.8 Å².